The van der Waals surface area contributed by atoms with Gasteiger partial charge in [0.15, 0.2) is 0 Å². The molecule has 0 amide bonds. The smallest absolute Gasteiger partial charge is 0.131 e. The zero-order chi connectivity index (χ0) is 14.8. The Morgan fingerprint density at radius 3 is 2.90 bits per heavy atom. The number of hydrogen-bond donors (Lipinski definition) is 2. The van der Waals surface area contributed by atoms with Gasteiger partial charge in [-0.2, -0.15) is 0 Å². The first-order valence-electron chi connectivity index (χ1n) is 6.52. The molecule has 5 heteroatoms. The summed E-state index contributed by atoms with van der Waals surface area (Å²) in [6.45, 7) is 1.92. The number of thiocarbonyl (C=S) groups is 1. The highest BCUT2D eigenvalue weighted by Gasteiger charge is 2.05. The molecule has 0 aliphatic carbocycles. The fraction of sp³-hybridized carbons (Fsp3) is 0.0625. The van der Waals surface area contributed by atoms with Gasteiger partial charge >= 0.3 is 0 Å². The van der Waals surface area contributed by atoms with Gasteiger partial charge in [0.1, 0.15) is 10.8 Å². The molecule has 2 aromatic heterocycles. The Kier molecular flexibility index (Phi) is 3.50. The molecule has 1 aromatic carbocycles. The first kappa shape index (κ1) is 13.5. The summed E-state index contributed by atoms with van der Waals surface area (Å²) in [5.41, 5.74) is 8.35. The van der Waals surface area contributed by atoms with Crippen LogP contribution in [0.1, 0.15) is 11.3 Å². The van der Waals surface area contributed by atoms with E-state index < -0.39 is 0 Å². The summed E-state index contributed by atoms with van der Waals surface area (Å²) in [4.78, 5) is 8.98. The molecule has 3 rings (SSSR count). The number of anilines is 2. The van der Waals surface area contributed by atoms with Crippen molar-refractivity contribution in [3.8, 4) is 0 Å². The van der Waals surface area contributed by atoms with E-state index in [9.17, 15) is 0 Å². The molecule has 0 radical (unpaired) electrons. The van der Waals surface area contributed by atoms with E-state index >= 15 is 0 Å². The maximum Gasteiger partial charge on any atom is 0.131 e. The largest absolute Gasteiger partial charge is 0.389 e. The van der Waals surface area contributed by atoms with E-state index in [4.69, 9.17) is 18.0 Å². The second-order valence-corrected chi connectivity index (χ2v) is 5.21. The summed E-state index contributed by atoms with van der Waals surface area (Å²) >= 11 is 5.04. The lowest BCUT2D eigenvalue weighted by molar-refractivity contribution is 1.19. The van der Waals surface area contributed by atoms with E-state index in [-0.39, 0.29) is 0 Å². The lowest BCUT2D eigenvalue weighted by Crippen LogP contribution is -2.10. The van der Waals surface area contributed by atoms with Crippen LogP contribution in [0, 0.1) is 6.92 Å². The Morgan fingerprint density at radius 2 is 2.10 bits per heavy atom. The number of nitrogens with two attached hydrogens (primary N) is 1. The van der Waals surface area contributed by atoms with Crippen LogP contribution in [0.5, 0.6) is 0 Å². The number of fused-ring (bicyclic) bond motifs is 1. The summed E-state index contributed by atoms with van der Waals surface area (Å²) < 4.78 is 0. The van der Waals surface area contributed by atoms with Gasteiger partial charge in [-0.15, -0.1) is 0 Å². The minimum Gasteiger partial charge on any atom is -0.389 e. The van der Waals surface area contributed by atoms with Crippen LogP contribution < -0.4 is 11.1 Å². The molecule has 2 heterocycles. The zero-order valence-electron chi connectivity index (χ0n) is 11.5. The molecule has 0 bridgehead atoms. The van der Waals surface area contributed by atoms with Gasteiger partial charge in [-0.05, 0) is 31.2 Å². The van der Waals surface area contributed by atoms with Gasteiger partial charge in [0.25, 0.3) is 0 Å². The van der Waals surface area contributed by atoms with Gasteiger partial charge in [-0.25, -0.2) is 4.98 Å². The summed E-state index contributed by atoms with van der Waals surface area (Å²) in [5, 5.41) is 5.49. The number of aryl methyl sites for hydroxylation is 1. The predicted molar refractivity (Wildman–Crippen MR) is 89.9 cm³/mol. The average molecular weight is 294 g/mol. The molecule has 0 aliphatic rings. The summed E-state index contributed by atoms with van der Waals surface area (Å²) in [6.07, 6.45) is 3.61. The minimum atomic E-state index is 0.366. The lowest BCUT2D eigenvalue weighted by atomic mass is 10.1. The van der Waals surface area contributed by atoms with E-state index in [2.05, 4.69) is 15.3 Å². The van der Waals surface area contributed by atoms with Crippen molar-refractivity contribution in [1.82, 2.24) is 9.97 Å². The minimum absolute atomic E-state index is 0.366. The third kappa shape index (κ3) is 2.83. The van der Waals surface area contributed by atoms with E-state index in [1.54, 1.807) is 6.20 Å². The molecule has 0 fully saturated rings. The van der Waals surface area contributed by atoms with E-state index in [1.165, 1.54) is 0 Å². The molecule has 21 heavy (non-hydrogen) atoms. The van der Waals surface area contributed by atoms with E-state index in [1.807, 2.05) is 49.5 Å². The summed E-state index contributed by atoms with van der Waals surface area (Å²) in [6, 6.07) is 11.7. The summed E-state index contributed by atoms with van der Waals surface area (Å²) in [7, 11) is 0. The Morgan fingerprint density at radius 1 is 1.24 bits per heavy atom. The standard InChI is InChI=1S/C16H14N4S/c1-10-7-12(16(17)21)8-15(19-10)20-14-4-2-3-11-9-18-6-5-13(11)14/h2-9H,1H3,(H2,17,21)(H,19,20). The normalized spacial score (nSPS) is 10.5. The van der Waals surface area contributed by atoms with Gasteiger partial charge in [-0.3, -0.25) is 4.98 Å². The van der Waals surface area contributed by atoms with Crippen LogP contribution >= 0.6 is 12.2 Å². The van der Waals surface area contributed by atoms with Crippen molar-refractivity contribution in [2.24, 2.45) is 5.73 Å². The monoisotopic (exact) mass is 294 g/mol. The zero-order valence-corrected chi connectivity index (χ0v) is 12.3. The number of benzene rings is 1. The van der Waals surface area contributed by atoms with Gasteiger partial charge in [0.05, 0.1) is 0 Å². The lowest BCUT2D eigenvalue weighted by Gasteiger charge is -2.11. The molecule has 104 valence electrons. The second kappa shape index (κ2) is 5.46. The fourth-order valence-electron chi connectivity index (χ4n) is 2.24. The topological polar surface area (TPSA) is 63.8 Å². The molecule has 3 aromatic rings. The molecular formula is C16H14N4S. The second-order valence-electron chi connectivity index (χ2n) is 4.77. The molecule has 0 unspecified atom stereocenters. The van der Waals surface area contributed by atoms with Crippen molar-refractivity contribution in [3.05, 3.63) is 60.0 Å². The molecule has 0 spiro atoms. The van der Waals surface area contributed by atoms with Crippen molar-refractivity contribution < 1.29 is 0 Å². The van der Waals surface area contributed by atoms with Gasteiger partial charge < -0.3 is 11.1 Å². The molecule has 3 N–H and O–H groups in total. The van der Waals surface area contributed by atoms with Crippen molar-refractivity contribution >= 4 is 39.5 Å². The third-order valence-corrected chi connectivity index (χ3v) is 3.42. The Hall–Kier alpha value is -2.53. The fourth-order valence-corrected chi connectivity index (χ4v) is 2.36. The third-order valence-electron chi connectivity index (χ3n) is 3.18. The van der Waals surface area contributed by atoms with Crippen molar-refractivity contribution in [2.45, 2.75) is 6.92 Å². The molecular weight excluding hydrogens is 280 g/mol. The maximum absolute atomic E-state index is 5.70. The van der Waals surface area contributed by atoms with E-state index in [0.29, 0.717) is 4.99 Å². The van der Waals surface area contributed by atoms with Crippen LogP contribution in [0.25, 0.3) is 10.8 Å². The van der Waals surface area contributed by atoms with E-state index in [0.717, 1.165) is 33.5 Å². The number of rotatable bonds is 3. The number of hydrogen-bond acceptors (Lipinski definition) is 4. The van der Waals surface area contributed by atoms with Gasteiger partial charge in [0.2, 0.25) is 0 Å². The highest BCUT2D eigenvalue weighted by molar-refractivity contribution is 7.80. The highest BCUT2D eigenvalue weighted by atomic mass is 32.1. The average Bonchev–Trinajstić information content (AvgIpc) is 2.47. The van der Waals surface area contributed by atoms with Crippen LogP contribution in [-0.2, 0) is 0 Å². The summed E-state index contributed by atoms with van der Waals surface area (Å²) in [5.74, 6) is 0.724. The molecule has 0 saturated carbocycles. The first-order chi connectivity index (χ1) is 10.1. The van der Waals surface area contributed by atoms with Gasteiger partial charge in [0, 0.05) is 40.1 Å². The van der Waals surface area contributed by atoms with Crippen molar-refractivity contribution in [1.29, 1.82) is 0 Å². The molecule has 0 saturated heterocycles. The van der Waals surface area contributed by atoms with Crippen LogP contribution in [-0.4, -0.2) is 15.0 Å². The Balaban J connectivity index is 2.05. The molecule has 4 nitrogen and oxygen atoms in total. The number of pyridine rings is 2. The van der Waals surface area contributed by atoms with Crippen molar-refractivity contribution in [3.63, 3.8) is 0 Å². The highest BCUT2D eigenvalue weighted by Crippen LogP contribution is 2.25. The quantitative estimate of drug-likeness (QED) is 0.726. The maximum atomic E-state index is 5.70. The first-order valence-corrected chi connectivity index (χ1v) is 6.92. The van der Waals surface area contributed by atoms with Crippen LogP contribution in [0.2, 0.25) is 0 Å². The van der Waals surface area contributed by atoms with Crippen molar-refractivity contribution in [2.75, 3.05) is 5.32 Å². The van der Waals surface area contributed by atoms with Crippen LogP contribution in [0.4, 0.5) is 11.5 Å². The predicted octanol–water partition coefficient (Wildman–Crippen LogP) is 3.32. The molecule has 0 aliphatic heterocycles. The van der Waals surface area contributed by atoms with Crippen LogP contribution in [0.3, 0.4) is 0 Å². The van der Waals surface area contributed by atoms with Gasteiger partial charge in [-0.1, -0.05) is 24.4 Å². The van der Waals surface area contributed by atoms with Crippen LogP contribution in [0.15, 0.2) is 48.8 Å². The Bertz CT molecular complexity index is 824. The Labute approximate surface area is 128 Å². The SMILES string of the molecule is Cc1cc(C(N)=S)cc(Nc2cccc3cnccc23)n1. The number of aromatic nitrogens is 2. The number of nitrogens with one attached hydrogen (secondary N) is 1. The number of nitrogens with zero attached hydrogens (tertiary/aromatic N) is 2. The molecule has 0 atom stereocenters.